The van der Waals surface area contributed by atoms with Crippen LogP contribution in [0.4, 0.5) is 5.69 Å². The Morgan fingerprint density at radius 1 is 1.09 bits per heavy atom. The van der Waals surface area contributed by atoms with Crippen molar-refractivity contribution in [3.8, 4) is 6.07 Å². The van der Waals surface area contributed by atoms with Gasteiger partial charge < -0.3 is 14.5 Å². The molecule has 1 amide bonds. The molecule has 0 unspecified atom stereocenters. The maximum atomic E-state index is 13.2. The number of rotatable bonds is 5. The maximum absolute atomic E-state index is 13.2. The van der Waals surface area contributed by atoms with Gasteiger partial charge in [-0.05, 0) is 72.5 Å². The highest BCUT2D eigenvalue weighted by atomic mass is 16.5. The fraction of sp³-hybridized carbons (Fsp3) is 0.111. The van der Waals surface area contributed by atoms with Crippen LogP contribution >= 0.6 is 0 Å². The zero-order valence-electron chi connectivity index (χ0n) is 18.1. The molecule has 0 radical (unpaired) electrons. The molecule has 0 spiro atoms. The van der Waals surface area contributed by atoms with E-state index >= 15 is 0 Å². The number of hydrogen-bond acceptors (Lipinski definition) is 6. The van der Waals surface area contributed by atoms with Crippen LogP contribution in [0.3, 0.4) is 0 Å². The van der Waals surface area contributed by atoms with Crippen molar-refractivity contribution in [2.24, 2.45) is 0 Å². The van der Waals surface area contributed by atoms with Crippen molar-refractivity contribution < 1.29 is 18.7 Å². The number of pyridine rings is 1. The highest BCUT2D eigenvalue weighted by molar-refractivity contribution is 6.08. The molecule has 0 saturated heterocycles. The Labute approximate surface area is 195 Å². The summed E-state index contributed by atoms with van der Waals surface area (Å²) < 4.78 is 10.9. The number of nitrogens with zero attached hydrogens (tertiary/aromatic N) is 2. The molecular weight excluding hydrogens is 430 g/mol. The fourth-order valence-electron chi connectivity index (χ4n) is 4.09. The zero-order chi connectivity index (χ0) is 23.5. The van der Waals surface area contributed by atoms with E-state index < -0.39 is 18.5 Å². The molecule has 7 nitrogen and oxygen atoms in total. The lowest BCUT2D eigenvalue weighted by Gasteiger charge is -2.12. The number of benzene rings is 2. The lowest BCUT2D eigenvalue weighted by Crippen LogP contribution is -2.21. The van der Waals surface area contributed by atoms with Crippen LogP contribution in [0.25, 0.3) is 22.6 Å². The van der Waals surface area contributed by atoms with E-state index in [1.165, 1.54) is 0 Å². The average Bonchev–Trinajstić information content (AvgIpc) is 3.52. The van der Waals surface area contributed by atoms with E-state index in [0.717, 1.165) is 29.0 Å². The summed E-state index contributed by atoms with van der Waals surface area (Å²) in [6.07, 6.45) is 4.91. The Morgan fingerprint density at radius 2 is 1.91 bits per heavy atom. The number of carbonyl (C=O) groups is 2. The molecule has 0 bridgehead atoms. The fourth-order valence-corrected chi connectivity index (χ4v) is 4.09. The van der Waals surface area contributed by atoms with Gasteiger partial charge in [-0.3, -0.25) is 4.79 Å². The summed E-state index contributed by atoms with van der Waals surface area (Å²) in [7, 11) is 0. The summed E-state index contributed by atoms with van der Waals surface area (Å²) in [5, 5.41) is 12.2. The Morgan fingerprint density at radius 3 is 2.68 bits per heavy atom. The third kappa shape index (κ3) is 4.17. The molecule has 34 heavy (non-hydrogen) atoms. The molecule has 0 fully saturated rings. The summed E-state index contributed by atoms with van der Waals surface area (Å²) in [4.78, 5) is 30.3. The minimum atomic E-state index is -0.566. The summed E-state index contributed by atoms with van der Waals surface area (Å²) in [5.41, 5.74) is 4.69. The van der Waals surface area contributed by atoms with Crippen LogP contribution in [0.1, 0.15) is 39.4 Å². The SMILES string of the molecule is N#Cc1ccc(NC(=O)COC(=O)c2c3c(nc4ccccc24)/C(=C/c2ccco2)CC3)cc1. The standard InChI is InChI=1S/C27H19N3O4/c28-15-17-7-10-19(11-8-17)29-24(31)16-34-27(32)25-21-5-1-2-6-23(21)30-26-18(9-12-22(25)26)14-20-4-3-13-33-20/h1-8,10-11,13-14H,9,12,16H2,(H,29,31)/b18-14+. The normalized spacial score (nSPS) is 13.4. The Bertz CT molecular complexity index is 1460. The van der Waals surface area contributed by atoms with Gasteiger partial charge in [0.15, 0.2) is 6.61 Å². The predicted molar refractivity (Wildman–Crippen MR) is 127 cm³/mol. The number of anilines is 1. The number of carbonyl (C=O) groups excluding carboxylic acids is 2. The summed E-state index contributed by atoms with van der Waals surface area (Å²) in [6.45, 7) is -0.431. The lowest BCUT2D eigenvalue weighted by atomic mass is 10.0. The van der Waals surface area contributed by atoms with Crippen molar-refractivity contribution in [3.05, 3.63) is 95.1 Å². The van der Waals surface area contributed by atoms with E-state index in [0.29, 0.717) is 34.1 Å². The molecule has 2 aromatic heterocycles. The molecular formula is C27H19N3O4. The van der Waals surface area contributed by atoms with E-state index in [2.05, 4.69) is 5.32 Å². The molecule has 0 aliphatic heterocycles. The molecule has 2 heterocycles. The monoisotopic (exact) mass is 449 g/mol. The first-order valence-corrected chi connectivity index (χ1v) is 10.8. The molecule has 0 atom stereocenters. The van der Waals surface area contributed by atoms with Gasteiger partial charge in [0.05, 0.1) is 34.7 Å². The molecule has 166 valence electrons. The molecule has 1 aliphatic rings. The molecule has 7 heteroatoms. The molecule has 0 saturated carbocycles. The first-order chi connectivity index (χ1) is 16.6. The lowest BCUT2D eigenvalue weighted by molar-refractivity contribution is -0.119. The largest absolute Gasteiger partial charge is 0.465 e. The van der Waals surface area contributed by atoms with E-state index in [-0.39, 0.29) is 0 Å². The van der Waals surface area contributed by atoms with Gasteiger partial charge in [0.1, 0.15) is 5.76 Å². The van der Waals surface area contributed by atoms with Gasteiger partial charge >= 0.3 is 5.97 Å². The van der Waals surface area contributed by atoms with Crippen LogP contribution in [0.15, 0.2) is 71.3 Å². The van der Waals surface area contributed by atoms with Crippen LogP contribution in [-0.2, 0) is 16.0 Å². The van der Waals surface area contributed by atoms with Crippen molar-refractivity contribution in [1.29, 1.82) is 5.26 Å². The quantitative estimate of drug-likeness (QED) is 0.431. The maximum Gasteiger partial charge on any atom is 0.339 e. The predicted octanol–water partition coefficient (Wildman–Crippen LogP) is 4.98. The van der Waals surface area contributed by atoms with Crippen LogP contribution in [0.5, 0.6) is 0 Å². The highest BCUT2D eigenvalue weighted by Crippen LogP contribution is 2.37. The van der Waals surface area contributed by atoms with Crippen molar-refractivity contribution in [3.63, 3.8) is 0 Å². The molecule has 5 rings (SSSR count). The Kier molecular flexibility index (Phi) is 5.63. The third-order valence-electron chi connectivity index (χ3n) is 5.64. The minimum absolute atomic E-state index is 0.431. The molecule has 1 N–H and O–H groups in total. The van der Waals surface area contributed by atoms with Crippen molar-refractivity contribution in [1.82, 2.24) is 4.98 Å². The van der Waals surface area contributed by atoms with Crippen molar-refractivity contribution in [2.45, 2.75) is 12.8 Å². The molecule has 2 aromatic carbocycles. The first kappa shape index (κ1) is 21.2. The summed E-state index contributed by atoms with van der Waals surface area (Å²) in [5.74, 6) is -0.308. The van der Waals surface area contributed by atoms with Crippen molar-refractivity contribution >= 4 is 40.1 Å². The number of para-hydroxylation sites is 1. The molecule has 4 aromatic rings. The second-order valence-electron chi connectivity index (χ2n) is 7.83. The number of nitriles is 1. The van der Waals surface area contributed by atoms with Gasteiger partial charge in [-0.1, -0.05) is 18.2 Å². The van der Waals surface area contributed by atoms with Gasteiger partial charge in [0.2, 0.25) is 0 Å². The van der Waals surface area contributed by atoms with Gasteiger partial charge in [-0.25, -0.2) is 9.78 Å². The van der Waals surface area contributed by atoms with E-state index in [9.17, 15) is 9.59 Å². The highest BCUT2D eigenvalue weighted by Gasteiger charge is 2.28. The van der Waals surface area contributed by atoms with Gasteiger partial charge in [0.25, 0.3) is 5.91 Å². The van der Waals surface area contributed by atoms with E-state index in [1.54, 1.807) is 30.5 Å². The van der Waals surface area contributed by atoms with E-state index in [1.807, 2.05) is 48.5 Å². The second kappa shape index (κ2) is 9.04. The van der Waals surface area contributed by atoms with Gasteiger partial charge in [-0.2, -0.15) is 5.26 Å². The number of allylic oxidation sites excluding steroid dienone is 1. The first-order valence-electron chi connectivity index (χ1n) is 10.8. The number of hydrogen-bond donors (Lipinski definition) is 1. The zero-order valence-corrected chi connectivity index (χ0v) is 18.1. The van der Waals surface area contributed by atoms with Crippen LogP contribution < -0.4 is 5.32 Å². The number of nitrogens with one attached hydrogen (secondary N) is 1. The third-order valence-corrected chi connectivity index (χ3v) is 5.64. The topological polar surface area (TPSA) is 105 Å². The molecule has 1 aliphatic carbocycles. The Balaban J connectivity index is 1.40. The number of ether oxygens (including phenoxy) is 1. The Hall–Kier alpha value is -4.70. The van der Waals surface area contributed by atoms with E-state index in [4.69, 9.17) is 19.4 Å². The second-order valence-corrected chi connectivity index (χ2v) is 7.83. The van der Waals surface area contributed by atoms with Crippen LogP contribution in [0.2, 0.25) is 0 Å². The number of esters is 1. The van der Waals surface area contributed by atoms with Gasteiger partial charge in [0, 0.05) is 11.1 Å². The summed E-state index contributed by atoms with van der Waals surface area (Å²) in [6, 6.07) is 19.6. The average molecular weight is 449 g/mol. The van der Waals surface area contributed by atoms with Crippen molar-refractivity contribution in [2.75, 3.05) is 11.9 Å². The minimum Gasteiger partial charge on any atom is -0.465 e. The van der Waals surface area contributed by atoms with Gasteiger partial charge in [-0.15, -0.1) is 0 Å². The number of amides is 1. The number of aromatic nitrogens is 1. The number of fused-ring (bicyclic) bond motifs is 2. The van der Waals surface area contributed by atoms with Crippen LogP contribution in [-0.4, -0.2) is 23.5 Å². The number of furan rings is 1. The summed E-state index contributed by atoms with van der Waals surface area (Å²) >= 11 is 0. The van der Waals surface area contributed by atoms with Crippen LogP contribution in [0, 0.1) is 11.3 Å². The smallest absolute Gasteiger partial charge is 0.339 e.